The van der Waals surface area contributed by atoms with Crippen LogP contribution in [0, 0.1) is 5.82 Å². The molecule has 1 aromatic carbocycles. The lowest BCUT2D eigenvalue weighted by atomic mass is 10.2. The van der Waals surface area contributed by atoms with Crippen LogP contribution in [0.25, 0.3) is 0 Å². The molecule has 1 aromatic rings. The highest BCUT2D eigenvalue weighted by atomic mass is 32.2. The molecule has 2 rings (SSSR count). The second-order valence-electron chi connectivity index (χ2n) is 6.07. The zero-order valence-corrected chi connectivity index (χ0v) is 15.0. The number of rotatable bonds is 3. The van der Waals surface area contributed by atoms with Crippen molar-refractivity contribution in [3.05, 3.63) is 30.1 Å². The third-order valence-corrected chi connectivity index (χ3v) is 8.54. The molecule has 1 heterocycles. The van der Waals surface area contributed by atoms with Gasteiger partial charge in [0.05, 0.1) is 16.8 Å². The summed E-state index contributed by atoms with van der Waals surface area (Å²) in [5, 5.41) is -1.63. The first-order valence-corrected chi connectivity index (χ1v) is 9.99. The minimum atomic E-state index is -4.16. The Hall–Kier alpha value is -1.52. The van der Waals surface area contributed by atoms with Gasteiger partial charge in [0.15, 0.2) is 15.1 Å². The van der Waals surface area contributed by atoms with E-state index < -0.39 is 48.2 Å². The van der Waals surface area contributed by atoms with Crippen LogP contribution < -0.4 is 0 Å². The number of carbonyl (C=O) groups excluding carboxylic acids is 1. The maximum absolute atomic E-state index is 13.3. The number of benzene rings is 1. The lowest BCUT2D eigenvalue weighted by Crippen LogP contribution is -2.61. The first kappa shape index (κ1) is 18.8. The van der Waals surface area contributed by atoms with E-state index >= 15 is 0 Å². The van der Waals surface area contributed by atoms with Crippen molar-refractivity contribution < 1.29 is 30.8 Å². The predicted octanol–water partition coefficient (Wildman–Crippen LogP) is 0.565. The summed E-state index contributed by atoms with van der Waals surface area (Å²) in [6.07, 6.45) is 0. The fraction of sp³-hybridized carbons (Fsp3) is 0.500. The highest BCUT2D eigenvalue weighted by Crippen LogP contribution is 2.32. The fourth-order valence-electron chi connectivity index (χ4n) is 2.54. The summed E-state index contributed by atoms with van der Waals surface area (Å²) in [7, 11) is -7.08. The van der Waals surface area contributed by atoms with Crippen molar-refractivity contribution in [2.24, 2.45) is 0 Å². The number of nitrogens with zero attached hydrogens (tertiary/aromatic N) is 1. The number of carbonyl (C=O) groups is 1. The van der Waals surface area contributed by atoms with E-state index in [1.54, 1.807) is 0 Å². The zero-order valence-electron chi connectivity index (χ0n) is 13.4. The zero-order chi connectivity index (χ0) is 18.3. The molecule has 0 spiro atoms. The Morgan fingerprint density at radius 2 is 2.00 bits per heavy atom. The van der Waals surface area contributed by atoms with Gasteiger partial charge < -0.3 is 4.74 Å². The maximum Gasteiger partial charge on any atom is 0.325 e. The summed E-state index contributed by atoms with van der Waals surface area (Å²) in [4.78, 5) is 11.5. The van der Waals surface area contributed by atoms with Gasteiger partial charge in [-0.3, -0.25) is 4.79 Å². The third-order valence-electron chi connectivity index (χ3n) is 3.97. The molecule has 0 radical (unpaired) electrons. The Kier molecular flexibility index (Phi) is 4.77. The highest BCUT2D eigenvalue weighted by molar-refractivity contribution is 7.94. The lowest BCUT2D eigenvalue weighted by molar-refractivity contribution is -0.140. The van der Waals surface area contributed by atoms with Crippen molar-refractivity contribution in [3.63, 3.8) is 0 Å². The summed E-state index contributed by atoms with van der Waals surface area (Å²) >= 11 is 0. The number of hydrogen-bond donors (Lipinski definition) is 0. The Labute approximate surface area is 140 Å². The number of sulfonamides is 1. The normalized spacial score (nSPS) is 23.6. The van der Waals surface area contributed by atoms with Crippen molar-refractivity contribution in [1.29, 1.82) is 0 Å². The van der Waals surface area contributed by atoms with E-state index in [0.717, 1.165) is 23.5 Å². The minimum absolute atomic E-state index is 0.304. The van der Waals surface area contributed by atoms with E-state index in [-0.39, 0.29) is 11.4 Å². The first-order chi connectivity index (χ1) is 10.9. The Morgan fingerprint density at radius 1 is 1.38 bits per heavy atom. The molecular weight excluding hydrogens is 361 g/mol. The summed E-state index contributed by atoms with van der Waals surface area (Å²) in [6, 6.07) is 4.40. The first-order valence-electron chi connectivity index (χ1n) is 7.00. The summed E-state index contributed by atoms with van der Waals surface area (Å²) in [5.41, 5.74) is 0. The molecular formula is C14H18FNO6S2. The molecule has 0 aliphatic carbocycles. The average Bonchev–Trinajstić information content (AvgIpc) is 2.48. The van der Waals surface area contributed by atoms with Gasteiger partial charge >= 0.3 is 5.97 Å². The van der Waals surface area contributed by atoms with Gasteiger partial charge in [-0.2, -0.15) is 4.31 Å². The standard InChI is InChI=1S/C14H18FNO6S2/c1-14(2)9-16(8-12(13(17)22-3)23(14,18)19)24(20,21)11-6-4-5-10(15)7-11/h4-7,12H,8-9H2,1-3H3. The van der Waals surface area contributed by atoms with Crippen molar-refractivity contribution in [2.45, 2.75) is 28.7 Å². The summed E-state index contributed by atoms with van der Waals surface area (Å²) in [6.45, 7) is 1.76. The van der Waals surface area contributed by atoms with E-state index in [2.05, 4.69) is 4.74 Å². The second-order valence-corrected chi connectivity index (χ2v) is 10.8. The van der Waals surface area contributed by atoms with Gasteiger partial charge in [0.2, 0.25) is 10.0 Å². The lowest BCUT2D eigenvalue weighted by Gasteiger charge is -2.40. The van der Waals surface area contributed by atoms with Gasteiger partial charge in [-0.25, -0.2) is 21.2 Å². The Morgan fingerprint density at radius 3 is 2.54 bits per heavy atom. The smallest absolute Gasteiger partial charge is 0.325 e. The van der Waals surface area contributed by atoms with Crippen LogP contribution in [-0.4, -0.2) is 57.3 Å². The molecule has 24 heavy (non-hydrogen) atoms. The molecule has 0 saturated carbocycles. The van der Waals surface area contributed by atoms with Crippen molar-refractivity contribution in [2.75, 3.05) is 20.2 Å². The number of halogens is 1. The number of methoxy groups -OCH3 is 1. The third kappa shape index (κ3) is 3.05. The molecule has 0 bridgehead atoms. The van der Waals surface area contributed by atoms with Crippen LogP contribution >= 0.6 is 0 Å². The molecule has 7 nitrogen and oxygen atoms in total. The molecule has 0 amide bonds. The van der Waals surface area contributed by atoms with Crippen LogP contribution in [0.15, 0.2) is 29.2 Å². The van der Waals surface area contributed by atoms with Crippen LogP contribution in [0.4, 0.5) is 4.39 Å². The number of esters is 1. The molecule has 0 N–H and O–H groups in total. The molecule has 1 saturated heterocycles. The number of hydrogen-bond acceptors (Lipinski definition) is 6. The quantitative estimate of drug-likeness (QED) is 0.712. The SMILES string of the molecule is COC(=O)C1CN(S(=O)(=O)c2cccc(F)c2)CC(C)(C)S1(=O)=O. The van der Waals surface area contributed by atoms with E-state index in [1.807, 2.05) is 0 Å². The number of ether oxygens (including phenoxy) is 1. The molecule has 1 fully saturated rings. The second kappa shape index (κ2) is 6.08. The molecule has 134 valence electrons. The van der Waals surface area contributed by atoms with Gasteiger partial charge in [0, 0.05) is 13.1 Å². The largest absolute Gasteiger partial charge is 0.468 e. The van der Waals surface area contributed by atoms with Crippen LogP contribution in [-0.2, 0) is 29.4 Å². The molecule has 10 heteroatoms. The molecule has 1 aliphatic heterocycles. The molecule has 0 aromatic heterocycles. The predicted molar refractivity (Wildman–Crippen MR) is 84.0 cm³/mol. The van der Waals surface area contributed by atoms with E-state index in [9.17, 15) is 26.0 Å². The van der Waals surface area contributed by atoms with Gasteiger partial charge in [-0.1, -0.05) is 6.07 Å². The van der Waals surface area contributed by atoms with Crippen molar-refractivity contribution in [3.8, 4) is 0 Å². The fourth-order valence-corrected chi connectivity index (χ4v) is 6.20. The Balaban J connectivity index is 2.51. The average molecular weight is 379 g/mol. The van der Waals surface area contributed by atoms with Crippen LogP contribution in [0.5, 0.6) is 0 Å². The van der Waals surface area contributed by atoms with Gasteiger partial charge in [0.1, 0.15) is 5.82 Å². The van der Waals surface area contributed by atoms with Crippen molar-refractivity contribution in [1.82, 2.24) is 4.31 Å². The van der Waals surface area contributed by atoms with Gasteiger partial charge in [-0.15, -0.1) is 0 Å². The van der Waals surface area contributed by atoms with E-state index in [0.29, 0.717) is 0 Å². The van der Waals surface area contributed by atoms with Crippen LogP contribution in [0.2, 0.25) is 0 Å². The van der Waals surface area contributed by atoms with Gasteiger partial charge in [0.25, 0.3) is 0 Å². The highest BCUT2D eigenvalue weighted by Gasteiger charge is 2.53. The van der Waals surface area contributed by atoms with Crippen LogP contribution in [0.3, 0.4) is 0 Å². The monoisotopic (exact) mass is 379 g/mol. The summed E-state index contributed by atoms with van der Waals surface area (Å²) < 4.78 is 67.7. The topological polar surface area (TPSA) is 97.8 Å². The Bertz CT molecular complexity index is 863. The molecule has 1 atom stereocenters. The van der Waals surface area contributed by atoms with Gasteiger partial charge in [-0.05, 0) is 32.0 Å². The van der Waals surface area contributed by atoms with Crippen molar-refractivity contribution >= 4 is 25.8 Å². The molecule has 1 aliphatic rings. The van der Waals surface area contributed by atoms with Crippen LogP contribution in [0.1, 0.15) is 13.8 Å². The summed E-state index contributed by atoms with van der Waals surface area (Å²) in [5.74, 6) is -1.76. The minimum Gasteiger partial charge on any atom is -0.468 e. The van der Waals surface area contributed by atoms with E-state index in [1.165, 1.54) is 26.0 Å². The van der Waals surface area contributed by atoms with E-state index in [4.69, 9.17) is 0 Å². The molecule has 1 unspecified atom stereocenters. The maximum atomic E-state index is 13.3. The number of sulfone groups is 1.